The molecule has 0 aliphatic rings. The third kappa shape index (κ3) is 1.73. The van der Waals surface area contributed by atoms with E-state index in [4.69, 9.17) is 10.5 Å². The number of nitrogens with two attached hydrogens (primary N) is 1. The van der Waals surface area contributed by atoms with Gasteiger partial charge in [0.25, 0.3) is 0 Å². The van der Waals surface area contributed by atoms with E-state index in [0.29, 0.717) is 17.3 Å². The van der Waals surface area contributed by atoms with Gasteiger partial charge in [0.1, 0.15) is 23.5 Å². The molecule has 2 aromatic heterocycles. The Morgan fingerprint density at radius 2 is 2.11 bits per heavy atom. The molecule has 0 radical (unpaired) electrons. The standard InChI is InChI=1S/C12H9FN4O/c13-9-5-7(1-2-10(9)14)18-12-8-3-4-15-11(8)16-6-17-12/h1-6H,14H2,(H,15,16,17). The van der Waals surface area contributed by atoms with E-state index in [1.54, 1.807) is 18.3 Å². The third-order valence-corrected chi connectivity index (χ3v) is 2.50. The zero-order valence-electron chi connectivity index (χ0n) is 9.22. The van der Waals surface area contributed by atoms with Crippen LogP contribution in [0.5, 0.6) is 11.6 Å². The fraction of sp³-hybridized carbons (Fsp3) is 0. The van der Waals surface area contributed by atoms with Gasteiger partial charge in [-0.1, -0.05) is 0 Å². The molecule has 0 fully saturated rings. The Morgan fingerprint density at radius 3 is 2.94 bits per heavy atom. The van der Waals surface area contributed by atoms with Crippen molar-refractivity contribution in [1.29, 1.82) is 0 Å². The maximum Gasteiger partial charge on any atom is 0.231 e. The molecule has 3 rings (SSSR count). The summed E-state index contributed by atoms with van der Waals surface area (Å²) >= 11 is 0. The van der Waals surface area contributed by atoms with Crippen molar-refractivity contribution in [3.05, 3.63) is 42.6 Å². The summed E-state index contributed by atoms with van der Waals surface area (Å²) in [6.07, 6.45) is 3.11. The van der Waals surface area contributed by atoms with E-state index in [2.05, 4.69) is 15.0 Å². The molecule has 0 unspecified atom stereocenters. The summed E-state index contributed by atoms with van der Waals surface area (Å²) in [7, 11) is 0. The number of nitrogen functional groups attached to an aromatic ring is 1. The zero-order valence-corrected chi connectivity index (χ0v) is 9.22. The number of hydrogen-bond donors (Lipinski definition) is 2. The van der Waals surface area contributed by atoms with E-state index in [1.165, 1.54) is 18.5 Å². The molecule has 0 saturated carbocycles. The topological polar surface area (TPSA) is 76.8 Å². The quantitative estimate of drug-likeness (QED) is 0.679. The number of H-pyrrole nitrogens is 1. The minimum absolute atomic E-state index is 0.0804. The second kappa shape index (κ2) is 3.99. The molecular weight excluding hydrogens is 235 g/mol. The van der Waals surface area contributed by atoms with Gasteiger partial charge in [0, 0.05) is 12.3 Å². The Hall–Kier alpha value is -2.63. The maximum absolute atomic E-state index is 13.3. The number of anilines is 1. The van der Waals surface area contributed by atoms with Crippen molar-refractivity contribution < 1.29 is 9.13 Å². The van der Waals surface area contributed by atoms with Gasteiger partial charge in [-0.05, 0) is 18.2 Å². The molecule has 1 aromatic carbocycles. The van der Waals surface area contributed by atoms with Crippen molar-refractivity contribution in [3.8, 4) is 11.6 Å². The number of hydrogen-bond acceptors (Lipinski definition) is 4. The first-order chi connectivity index (χ1) is 8.74. The fourth-order valence-electron chi connectivity index (χ4n) is 1.61. The van der Waals surface area contributed by atoms with Crippen molar-refractivity contribution in [2.24, 2.45) is 0 Å². The number of nitrogens with one attached hydrogen (secondary N) is 1. The normalized spacial score (nSPS) is 10.7. The predicted octanol–water partition coefficient (Wildman–Crippen LogP) is 2.47. The monoisotopic (exact) mass is 244 g/mol. The van der Waals surface area contributed by atoms with E-state index in [0.717, 1.165) is 5.39 Å². The van der Waals surface area contributed by atoms with Gasteiger partial charge in [-0.25, -0.2) is 14.4 Å². The highest BCUT2D eigenvalue weighted by atomic mass is 19.1. The Kier molecular flexibility index (Phi) is 2.33. The van der Waals surface area contributed by atoms with Crippen LogP contribution in [0.4, 0.5) is 10.1 Å². The van der Waals surface area contributed by atoms with Gasteiger partial charge in [0.2, 0.25) is 5.88 Å². The number of aromatic amines is 1. The number of fused-ring (bicyclic) bond motifs is 1. The molecule has 0 spiro atoms. The summed E-state index contributed by atoms with van der Waals surface area (Å²) in [5, 5.41) is 0.731. The molecule has 0 atom stereocenters. The first-order valence-electron chi connectivity index (χ1n) is 5.25. The molecule has 0 bridgehead atoms. The van der Waals surface area contributed by atoms with E-state index in [1.807, 2.05) is 0 Å². The Morgan fingerprint density at radius 1 is 1.22 bits per heavy atom. The van der Waals surface area contributed by atoms with Crippen molar-refractivity contribution in [3.63, 3.8) is 0 Å². The number of rotatable bonds is 2. The van der Waals surface area contributed by atoms with Crippen molar-refractivity contribution in [1.82, 2.24) is 15.0 Å². The summed E-state index contributed by atoms with van der Waals surface area (Å²) in [5.74, 6) is 0.181. The average molecular weight is 244 g/mol. The van der Waals surface area contributed by atoms with Gasteiger partial charge >= 0.3 is 0 Å². The molecular formula is C12H9FN4O. The number of ether oxygens (including phenoxy) is 1. The van der Waals surface area contributed by atoms with E-state index >= 15 is 0 Å². The fourth-order valence-corrected chi connectivity index (χ4v) is 1.61. The van der Waals surface area contributed by atoms with Crippen LogP contribution in [0.15, 0.2) is 36.8 Å². The van der Waals surface area contributed by atoms with Gasteiger partial charge in [0.15, 0.2) is 0 Å². The van der Waals surface area contributed by atoms with Crippen molar-refractivity contribution in [2.45, 2.75) is 0 Å². The molecule has 18 heavy (non-hydrogen) atoms. The van der Waals surface area contributed by atoms with E-state index in [9.17, 15) is 4.39 Å². The van der Waals surface area contributed by atoms with Crippen LogP contribution in [0.1, 0.15) is 0 Å². The highest BCUT2D eigenvalue weighted by Crippen LogP contribution is 2.27. The van der Waals surface area contributed by atoms with Crippen LogP contribution in [-0.2, 0) is 0 Å². The molecule has 0 amide bonds. The Labute approximate surface area is 101 Å². The molecule has 2 heterocycles. The van der Waals surface area contributed by atoms with Crippen molar-refractivity contribution >= 4 is 16.7 Å². The van der Waals surface area contributed by atoms with E-state index in [-0.39, 0.29) is 5.69 Å². The average Bonchev–Trinajstić information content (AvgIpc) is 2.83. The molecule has 0 aliphatic carbocycles. The summed E-state index contributed by atoms with van der Waals surface area (Å²) in [5.41, 5.74) is 6.14. The number of aromatic nitrogens is 3. The molecule has 3 N–H and O–H groups in total. The number of halogens is 1. The predicted molar refractivity (Wildman–Crippen MR) is 64.8 cm³/mol. The Balaban J connectivity index is 2.01. The van der Waals surface area contributed by atoms with Crippen LogP contribution in [0, 0.1) is 5.82 Å². The van der Waals surface area contributed by atoms with Gasteiger partial charge < -0.3 is 15.5 Å². The summed E-state index contributed by atoms with van der Waals surface area (Å²) in [4.78, 5) is 11.0. The summed E-state index contributed by atoms with van der Waals surface area (Å²) in [6.45, 7) is 0. The lowest BCUT2D eigenvalue weighted by molar-refractivity contribution is 0.463. The first-order valence-corrected chi connectivity index (χ1v) is 5.25. The number of benzene rings is 1. The van der Waals surface area contributed by atoms with Gasteiger partial charge in [-0.15, -0.1) is 0 Å². The van der Waals surface area contributed by atoms with Crippen molar-refractivity contribution in [2.75, 3.05) is 5.73 Å². The molecule has 6 heteroatoms. The Bertz CT molecular complexity index is 710. The highest BCUT2D eigenvalue weighted by molar-refractivity contribution is 5.80. The lowest BCUT2D eigenvalue weighted by Crippen LogP contribution is -1.93. The first kappa shape index (κ1) is 10.5. The van der Waals surface area contributed by atoms with Crippen LogP contribution >= 0.6 is 0 Å². The summed E-state index contributed by atoms with van der Waals surface area (Å²) in [6, 6.07) is 6.04. The molecule has 5 nitrogen and oxygen atoms in total. The molecule has 0 aliphatic heterocycles. The second-order valence-electron chi connectivity index (χ2n) is 3.70. The van der Waals surface area contributed by atoms with Gasteiger partial charge in [-0.2, -0.15) is 0 Å². The van der Waals surface area contributed by atoms with Crippen LogP contribution in [0.25, 0.3) is 11.0 Å². The van der Waals surface area contributed by atoms with Gasteiger partial charge in [-0.3, -0.25) is 0 Å². The third-order valence-electron chi connectivity index (χ3n) is 2.50. The lowest BCUT2D eigenvalue weighted by Gasteiger charge is -2.06. The van der Waals surface area contributed by atoms with E-state index < -0.39 is 5.82 Å². The second-order valence-corrected chi connectivity index (χ2v) is 3.70. The minimum Gasteiger partial charge on any atom is -0.438 e. The smallest absolute Gasteiger partial charge is 0.231 e. The van der Waals surface area contributed by atoms with Crippen LogP contribution in [-0.4, -0.2) is 15.0 Å². The number of nitrogens with zero attached hydrogens (tertiary/aromatic N) is 2. The molecule has 3 aromatic rings. The van der Waals surface area contributed by atoms with Crippen LogP contribution in [0.2, 0.25) is 0 Å². The lowest BCUT2D eigenvalue weighted by atomic mass is 10.3. The highest BCUT2D eigenvalue weighted by Gasteiger charge is 2.08. The largest absolute Gasteiger partial charge is 0.438 e. The zero-order chi connectivity index (χ0) is 12.5. The SMILES string of the molecule is Nc1ccc(Oc2ncnc3[nH]ccc23)cc1F. The van der Waals surface area contributed by atoms with Crippen LogP contribution in [0.3, 0.4) is 0 Å². The molecule has 90 valence electrons. The van der Waals surface area contributed by atoms with Gasteiger partial charge in [0.05, 0.1) is 11.1 Å². The molecule has 0 saturated heterocycles. The maximum atomic E-state index is 13.3. The minimum atomic E-state index is -0.521. The summed E-state index contributed by atoms with van der Waals surface area (Å²) < 4.78 is 18.8. The van der Waals surface area contributed by atoms with Crippen LogP contribution < -0.4 is 10.5 Å².